The summed E-state index contributed by atoms with van der Waals surface area (Å²) >= 11 is 8.96. The Kier molecular flexibility index (Phi) is 5.69. The van der Waals surface area contributed by atoms with Gasteiger partial charge in [0.05, 0.1) is 12.8 Å². The number of halogens is 1. The van der Waals surface area contributed by atoms with Crippen molar-refractivity contribution in [3.05, 3.63) is 87.2 Å². The highest BCUT2D eigenvalue weighted by atomic mass is 35.5. The third-order valence-electron chi connectivity index (χ3n) is 4.77. The summed E-state index contributed by atoms with van der Waals surface area (Å²) in [7, 11) is 1.63. The van der Waals surface area contributed by atoms with Gasteiger partial charge in [0.25, 0.3) is 5.56 Å². The zero-order valence-corrected chi connectivity index (χ0v) is 19.2. The molecule has 0 aliphatic rings. The van der Waals surface area contributed by atoms with Crippen LogP contribution in [0.4, 0.5) is 0 Å². The number of thiazole rings is 1. The maximum Gasteiger partial charge on any atom is 0.258 e. The summed E-state index contributed by atoms with van der Waals surface area (Å²) in [5, 5.41) is 12.1. The molecule has 0 N–H and O–H groups in total. The fraction of sp³-hybridized carbons (Fsp3) is 0.0909. The molecule has 160 valence electrons. The number of benzene rings is 2. The van der Waals surface area contributed by atoms with Crippen LogP contribution in [0.5, 0.6) is 5.75 Å². The smallest absolute Gasteiger partial charge is 0.258 e. The molecule has 3 aromatic heterocycles. The van der Waals surface area contributed by atoms with Crippen molar-refractivity contribution < 1.29 is 4.74 Å². The van der Waals surface area contributed by atoms with Crippen molar-refractivity contribution in [2.45, 2.75) is 10.9 Å². The van der Waals surface area contributed by atoms with Crippen LogP contribution < -0.4 is 10.3 Å². The average Bonchev–Trinajstić information content (AvgIpc) is 3.46. The van der Waals surface area contributed by atoms with Crippen LogP contribution in [0.2, 0.25) is 5.02 Å². The van der Waals surface area contributed by atoms with Gasteiger partial charge in [0.15, 0.2) is 15.9 Å². The number of nitrogens with zero attached hydrogens (tertiary/aromatic N) is 5. The molecule has 0 fully saturated rings. The van der Waals surface area contributed by atoms with Crippen molar-refractivity contribution in [1.82, 2.24) is 24.1 Å². The van der Waals surface area contributed by atoms with E-state index in [0.717, 1.165) is 17.0 Å². The quantitative estimate of drug-likeness (QED) is 0.319. The number of methoxy groups -OCH3 is 1. The molecule has 7 nitrogen and oxygen atoms in total. The molecule has 32 heavy (non-hydrogen) atoms. The van der Waals surface area contributed by atoms with Crippen LogP contribution in [-0.4, -0.2) is 31.3 Å². The second kappa shape index (κ2) is 8.78. The molecule has 0 saturated carbocycles. The normalized spacial score (nSPS) is 11.2. The Bertz CT molecular complexity index is 1440. The van der Waals surface area contributed by atoms with Gasteiger partial charge in [0, 0.05) is 39.7 Å². The molecule has 5 aromatic rings. The molecule has 10 heteroatoms. The highest BCUT2D eigenvalue weighted by molar-refractivity contribution is 7.98. The van der Waals surface area contributed by atoms with Crippen LogP contribution in [0.25, 0.3) is 22.0 Å². The Labute approximate surface area is 196 Å². The first-order valence-corrected chi connectivity index (χ1v) is 11.8. The van der Waals surface area contributed by atoms with E-state index in [1.165, 1.54) is 27.5 Å². The lowest BCUT2D eigenvalue weighted by Crippen LogP contribution is -2.12. The highest BCUT2D eigenvalue weighted by Gasteiger charge is 2.17. The fourth-order valence-corrected chi connectivity index (χ4v) is 4.92. The lowest BCUT2D eigenvalue weighted by atomic mass is 10.2. The summed E-state index contributed by atoms with van der Waals surface area (Å²) in [4.78, 5) is 17.6. The molecule has 0 spiro atoms. The molecule has 0 aliphatic carbocycles. The minimum atomic E-state index is -0.0923. The molecule has 2 aromatic carbocycles. The molecular formula is C22H16ClN5O2S2. The third-order valence-corrected chi connectivity index (χ3v) is 6.74. The molecule has 5 rings (SSSR count). The second-order valence-corrected chi connectivity index (χ2v) is 9.03. The molecule has 0 atom stereocenters. The van der Waals surface area contributed by atoms with E-state index in [1.54, 1.807) is 19.4 Å². The SMILES string of the molecule is COc1ccc(-n2c(SCc3cc(=O)n4ccsc4n3)nnc2-c2ccc(Cl)cc2)cc1. The fourth-order valence-electron chi connectivity index (χ4n) is 3.21. The first-order valence-electron chi connectivity index (χ1n) is 9.57. The van der Waals surface area contributed by atoms with Crippen molar-refractivity contribution >= 4 is 39.7 Å². The molecule has 0 saturated heterocycles. The van der Waals surface area contributed by atoms with Crippen molar-refractivity contribution in [2.24, 2.45) is 0 Å². The monoisotopic (exact) mass is 481 g/mol. The summed E-state index contributed by atoms with van der Waals surface area (Å²) < 4.78 is 8.81. The van der Waals surface area contributed by atoms with Gasteiger partial charge in [-0.2, -0.15) is 0 Å². The van der Waals surface area contributed by atoms with Crippen molar-refractivity contribution in [1.29, 1.82) is 0 Å². The van der Waals surface area contributed by atoms with E-state index in [0.29, 0.717) is 32.4 Å². The molecule has 0 bridgehead atoms. The Morgan fingerprint density at radius 2 is 1.88 bits per heavy atom. The van der Waals surface area contributed by atoms with E-state index in [9.17, 15) is 4.79 Å². The number of rotatable bonds is 6. The van der Waals surface area contributed by atoms with Crippen molar-refractivity contribution in [2.75, 3.05) is 7.11 Å². The Hall–Kier alpha value is -3.14. The van der Waals surface area contributed by atoms with Gasteiger partial charge in [-0.25, -0.2) is 4.98 Å². The molecule has 0 amide bonds. The summed E-state index contributed by atoms with van der Waals surface area (Å²) in [5.74, 6) is 1.94. The number of ether oxygens (including phenoxy) is 1. The van der Waals surface area contributed by atoms with Gasteiger partial charge >= 0.3 is 0 Å². The van der Waals surface area contributed by atoms with E-state index in [4.69, 9.17) is 16.3 Å². The maximum atomic E-state index is 12.3. The minimum absolute atomic E-state index is 0.0923. The van der Waals surface area contributed by atoms with E-state index in [-0.39, 0.29) is 5.56 Å². The van der Waals surface area contributed by atoms with Gasteiger partial charge in [-0.3, -0.25) is 13.8 Å². The van der Waals surface area contributed by atoms with Gasteiger partial charge in [0.2, 0.25) is 0 Å². The zero-order valence-electron chi connectivity index (χ0n) is 16.8. The van der Waals surface area contributed by atoms with Gasteiger partial charge in [-0.1, -0.05) is 23.4 Å². The number of aromatic nitrogens is 5. The zero-order chi connectivity index (χ0) is 22.1. The average molecular weight is 482 g/mol. The standard InChI is InChI=1S/C22H16ClN5O2S2/c1-30-18-8-6-17(7-9-18)28-20(14-2-4-15(23)5-3-14)25-26-22(28)32-13-16-12-19(29)27-10-11-31-21(27)24-16/h2-12H,13H2,1H3. The molecular weight excluding hydrogens is 466 g/mol. The van der Waals surface area contributed by atoms with Crippen LogP contribution in [-0.2, 0) is 5.75 Å². The van der Waals surface area contributed by atoms with Crippen molar-refractivity contribution in [3.63, 3.8) is 0 Å². The Morgan fingerprint density at radius 1 is 1.09 bits per heavy atom. The number of hydrogen-bond donors (Lipinski definition) is 0. The van der Waals surface area contributed by atoms with E-state index in [1.807, 2.05) is 58.5 Å². The van der Waals surface area contributed by atoms with E-state index >= 15 is 0 Å². The Balaban J connectivity index is 1.53. The first-order chi connectivity index (χ1) is 15.6. The predicted octanol–water partition coefficient (Wildman–Crippen LogP) is 4.96. The second-order valence-electron chi connectivity index (χ2n) is 6.78. The number of fused-ring (bicyclic) bond motifs is 1. The van der Waals surface area contributed by atoms with E-state index in [2.05, 4.69) is 15.2 Å². The summed E-state index contributed by atoms with van der Waals surface area (Å²) in [6, 6.07) is 16.7. The maximum absolute atomic E-state index is 12.3. The summed E-state index contributed by atoms with van der Waals surface area (Å²) in [5.41, 5.74) is 2.39. The van der Waals surface area contributed by atoms with Gasteiger partial charge in [-0.05, 0) is 48.5 Å². The first kappa shape index (κ1) is 20.7. The topological polar surface area (TPSA) is 74.3 Å². The van der Waals surface area contributed by atoms with Crippen LogP contribution in [0.3, 0.4) is 0 Å². The van der Waals surface area contributed by atoms with Crippen LogP contribution in [0.1, 0.15) is 5.69 Å². The molecule has 0 unspecified atom stereocenters. The minimum Gasteiger partial charge on any atom is -0.497 e. The van der Waals surface area contributed by atoms with Crippen molar-refractivity contribution in [3.8, 4) is 22.8 Å². The largest absolute Gasteiger partial charge is 0.497 e. The third kappa shape index (κ3) is 4.02. The van der Waals surface area contributed by atoms with Crippen LogP contribution in [0.15, 0.2) is 76.1 Å². The number of hydrogen-bond acceptors (Lipinski definition) is 7. The molecule has 0 aliphatic heterocycles. The predicted molar refractivity (Wildman–Crippen MR) is 127 cm³/mol. The van der Waals surface area contributed by atoms with Crippen LogP contribution >= 0.6 is 34.7 Å². The lowest BCUT2D eigenvalue weighted by molar-refractivity contribution is 0.414. The highest BCUT2D eigenvalue weighted by Crippen LogP contribution is 2.30. The van der Waals surface area contributed by atoms with Gasteiger partial charge in [0.1, 0.15) is 5.75 Å². The van der Waals surface area contributed by atoms with Gasteiger partial charge in [-0.15, -0.1) is 21.5 Å². The Morgan fingerprint density at radius 3 is 2.62 bits per heavy atom. The van der Waals surface area contributed by atoms with Gasteiger partial charge < -0.3 is 4.74 Å². The summed E-state index contributed by atoms with van der Waals surface area (Å²) in [6.07, 6.45) is 1.73. The molecule has 0 radical (unpaired) electrons. The number of thioether (sulfide) groups is 1. The molecule has 3 heterocycles. The summed E-state index contributed by atoms with van der Waals surface area (Å²) in [6.45, 7) is 0. The lowest BCUT2D eigenvalue weighted by Gasteiger charge is -2.11. The van der Waals surface area contributed by atoms with Crippen LogP contribution in [0, 0.1) is 0 Å². The van der Waals surface area contributed by atoms with E-state index < -0.39 is 0 Å².